The van der Waals surface area contributed by atoms with Crippen molar-refractivity contribution < 1.29 is 24.1 Å². The number of ether oxygens (including phenoxy) is 1. The fourth-order valence-corrected chi connectivity index (χ4v) is 4.16. The molecule has 1 aromatic carbocycles. The third-order valence-electron chi connectivity index (χ3n) is 6.04. The summed E-state index contributed by atoms with van der Waals surface area (Å²) in [6.07, 6.45) is 1.25. The van der Waals surface area contributed by atoms with Gasteiger partial charge in [0.2, 0.25) is 5.91 Å². The molecule has 0 saturated carbocycles. The maximum atomic E-state index is 13.9. The van der Waals surface area contributed by atoms with E-state index in [1.54, 1.807) is 6.07 Å². The molecule has 168 valence electrons. The Morgan fingerprint density at radius 3 is 2.68 bits per heavy atom. The van der Waals surface area contributed by atoms with Crippen LogP contribution in [0.25, 0.3) is 0 Å². The van der Waals surface area contributed by atoms with Crippen molar-refractivity contribution in [1.29, 1.82) is 0 Å². The van der Waals surface area contributed by atoms with Crippen LogP contribution < -0.4 is 10.1 Å². The van der Waals surface area contributed by atoms with Crippen LogP contribution in [-0.2, 0) is 16.8 Å². The van der Waals surface area contributed by atoms with Crippen LogP contribution in [0.4, 0.5) is 10.1 Å². The molecule has 1 unspecified atom stereocenters. The molecule has 4 rings (SSSR count). The second-order valence-electron chi connectivity index (χ2n) is 8.00. The van der Waals surface area contributed by atoms with Crippen LogP contribution in [-0.4, -0.2) is 52.7 Å². The molecule has 2 aliphatic heterocycles. The van der Waals surface area contributed by atoms with E-state index >= 15 is 0 Å². The summed E-state index contributed by atoms with van der Waals surface area (Å²) >= 11 is 0. The second kappa shape index (κ2) is 9.48. The number of likely N-dealkylation sites (tertiary alicyclic amines) is 1. The van der Waals surface area contributed by atoms with E-state index in [1.807, 2.05) is 18.2 Å². The molecule has 2 aliphatic rings. The van der Waals surface area contributed by atoms with E-state index in [2.05, 4.69) is 15.2 Å². The van der Waals surface area contributed by atoms with Gasteiger partial charge in [-0.2, -0.15) is 4.39 Å². The largest absolute Gasteiger partial charge is 0.492 e. The van der Waals surface area contributed by atoms with E-state index < -0.39 is 17.7 Å². The normalized spacial score (nSPS) is 19.0. The first kappa shape index (κ1) is 23.4. The highest BCUT2D eigenvalue weighted by Crippen LogP contribution is 2.34. The van der Waals surface area contributed by atoms with Gasteiger partial charge in [0.05, 0.1) is 18.9 Å². The second-order valence-corrected chi connectivity index (χ2v) is 8.00. The maximum Gasteiger partial charge on any atom is 0.255 e. The molecular weight excluding hydrogens is 425 g/mol. The van der Waals surface area contributed by atoms with Gasteiger partial charge in [0, 0.05) is 31.7 Å². The van der Waals surface area contributed by atoms with Crippen LogP contribution >= 0.6 is 12.4 Å². The summed E-state index contributed by atoms with van der Waals surface area (Å²) in [5, 5.41) is 24.5. The van der Waals surface area contributed by atoms with E-state index in [0.717, 1.165) is 16.8 Å². The number of methoxy groups -OCH3 is 1. The number of fused-ring (bicyclic) bond motifs is 1. The third-order valence-corrected chi connectivity index (χ3v) is 6.04. The van der Waals surface area contributed by atoms with E-state index in [0.29, 0.717) is 51.0 Å². The topological polar surface area (TPSA) is 94.9 Å². The number of aliphatic hydroxyl groups excluding tert-OH is 1. The number of aryl methyl sites for hydroxylation is 1. The zero-order valence-electron chi connectivity index (χ0n) is 17.3. The minimum absolute atomic E-state index is 0. The van der Waals surface area contributed by atoms with Gasteiger partial charge in [-0.3, -0.25) is 4.79 Å². The summed E-state index contributed by atoms with van der Waals surface area (Å²) in [5.41, 5.74) is 1.76. The predicted molar refractivity (Wildman–Crippen MR) is 116 cm³/mol. The number of amides is 1. The maximum absolute atomic E-state index is 13.9. The number of hydrogen-bond acceptors (Lipinski definition) is 6. The Balaban J connectivity index is 0.00000272. The number of benzene rings is 1. The van der Waals surface area contributed by atoms with Gasteiger partial charge in [-0.1, -0.05) is 12.1 Å². The first-order chi connectivity index (χ1) is 14.4. The number of aliphatic hydroxyl groups is 2. The first-order valence-corrected chi connectivity index (χ1v) is 10.1. The number of pyridine rings is 1. The molecule has 3 N–H and O–H groups in total. The van der Waals surface area contributed by atoms with Crippen molar-refractivity contribution >= 4 is 24.0 Å². The number of nitrogens with zero attached hydrogens (tertiary/aromatic N) is 2. The van der Waals surface area contributed by atoms with Gasteiger partial charge < -0.3 is 25.2 Å². The van der Waals surface area contributed by atoms with Crippen molar-refractivity contribution in [2.75, 3.05) is 32.1 Å². The molecule has 31 heavy (non-hydrogen) atoms. The van der Waals surface area contributed by atoms with Crippen LogP contribution in [0.1, 0.15) is 42.2 Å². The number of rotatable bonds is 5. The Morgan fingerprint density at radius 2 is 2.00 bits per heavy atom. The minimum atomic E-state index is -1.20. The first-order valence-electron chi connectivity index (χ1n) is 10.1. The van der Waals surface area contributed by atoms with E-state index in [4.69, 9.17) is 4.74 Å². The van der Waals surface area contributed by atoms with Gasteiger partial charge in [0.25, 0.3) is 5.95 Å². The van der Waals surface area contributed by atoms with E-state index in [1.165, 1.54) is 13.2 Å². The summed E-state index contributed by atoms with van der Waals surface area (Å²) in [6, 6.07) is 8.69. The number of piperidine rings is 1. The van der Waals surface area contributed by atoms with Crippen LogP contribution in [0.15, 0.2) is 30.3 Å². The van der Waals surface area contributed by atoms with Crippen LogP contribution in [0.5, 0.6) is 5.75 Å². The zero-order chi connectivity index (χ0) is 21.3. The number of β-amino-alcohol motifs (C(OH)–C–C–N with tert-alkyl or cyclic N) is 1. The van der Waals surface area contributed by atoms with Gasteiger partial charge in [0.15, 0.2) is 5.75 Å². The average Bonchev–Trinajstić information content (AvgIpc) is 2.75. The van der Waals surface area contributed by atoms with Crippen molar-refractivity contribution in [3.05, 3.63) is 53.1 Å². The predicted octanol–water partition coefficient (Wildman–Crippen LogP) is 2.55. The van der Waals surface area contributed by atoms with Gasteiger partial charge in [-0.25, -0.2) is 4.98 Å². The highest BCUT2D eigenvalue weighted by atomic mass is 35.5. The highest BCUT2D eigenvalue weighted by molar-refractivity contribution is 5.93. The SMILES string of the molecule is COc1ccc(C2(O)CCN(CC(O)c3ccc4c(c3)CCC(=O)N4)CC2)nc1F.Cl. The lowest BCUT2D eigenvalue weighted by atomic mass is 9.87. The van der Waals surface area contributed by atoms with E-state index in [9.17, 15) is 19.4 Å². The fourth-order valence-electron chi connectivity index (χ4n) is 4.16. The fraction of sp³-hybridized carbons (Fsp3) is 0.455. The summed E-state index contributed by atoms with van der Waals surface area (Å²) in [7, 11) is 1.37. The van der Waals surface area contributed by atoms with Crippen molar-refractivity contribution in [2.45, 2.75) is 37.4 Å². The molecule has 1 saturated heterocycles. The van der Waals surface area contributed by atoms with Crippen LogP contribution in [0.3, 0.4) is 0 Å². The number of carbonyl (C=O) groups excluding carboxylic acids is 1. The Hall–Kier alpha value is -2.26. The van der Waals surface area contributed by atoms with Crippen molar-refractivity contribution in [3.8, 4) is 5.75 Å². The molecule has 1 aromatic heterocycles. The molecule has 0 bridgehead atoms. The molecule has 1 atom stereocenters. The quantitative estimate of drug-likeness (QED) is 0.605. The van der Waals surface area contributed by atoms with Crippen molar-refractivity contribution in [2.24, 2.45) is 0 Å². The standard InChI is InChI=1S/C22H26FN3O4.ClH/c1-30-18-5-6-19(25-21(18)23)22(29)8-10-26(11-9-22)13-17(27)15-2-4-16-14(12-15)3-7-20(28)24-16;/h2,4-6,12,17,27,29H,3,7-11,13H2,1H3,(H,24,28);1H. The van der Waals surface area contributed by atoms with Crippen molar-refractivity contribution in [1.82, 2.24) is 9.88 Å². The van der Waals surface area contributed by atoms with Crippen molar-refractivity contribution in [3.63, 3.8) is 0 Å². The molecule has 0 radical (unpaired) electrons. The molecular formula is C22H27ClFN3O4. The van der Waals surface area contributed by atoms with Gasteiger partial charge in [-0.15, -0.1) is 12.4 Å². The smallest absolute Gasteiger partial charge is 0.255 e. The lowest BCUT2D eigenvalue weighted by Crippen LogP contribution is -2.44. The van der Waals surface area contributed by atoms with Gasteiger partial charge in [-0.05, 0) is 48.6 Å². The average molecular weight is 452 g/mol. The van der Waals surface area contributed by atoms with E-state index in [-0.39, 0.29) is 24.1 Å². The molecule has 3 heterocycles. The lowest BCUT2D eigenvalue weighted by molar-refractivity contribution is -0.116. The molecule has 1 amide bonds. The summed E-state index contributed by atoms with van der Waals surface area (Å²) in [5.74, 6) is -0.666. The number of nitrogens with one attached hydrogen (secondary N) is 1. The lowest BCUT2D eigenvalue weighted by Gasteiger charge is -2.38. The summed E-state index contributed by atoms with van der Waals surface area (Å²) in [4.78, 5) is 17.5. The van der Waals surface area contributed by atoms with Gasteiger partial charge in [0.1, 0.15) is 5.60 Å². The molecule has 1 fully saturated rings. The molecule has 9 heteroatoms. The zero-order valence-corrected chi connectivity index (χ0v) is 18.1. The highest BCUT2D eigenvalue weighted by Gasteiger charge is 2.36. The molecule has 7 nitrogen and oxygen atoms in total. The number of carbonyl (C=O) groups is 1. The summed E-state index contributed by atoms with van der Waals surface area (Å²) in [6.45, 7) is 1.55. The number of aromatic nitrogens is 1. The number of anilines is 1. The summed E-state index contributed by atoms with van der Waals surface area (Å²) < 4.78 is 18.8. The van der Waals surface area contributed by atoms with Crippen LogP contribution in [0.2, 0.25) is 0 Å². The molecule has 0 spiro atoms. The van der Waals surface area contributed by atoms with Gasteiger partial charge >= 0.3 is 0 Å². The Kier molecular flexibility index (Phi) is 7.16. The Bertz CT molecular complexity index is 950. The minimum Gasteiger partial charge on any atom is -0.492 e. The molecule has 0 aliphatic carbocycles. The number of halogens is 2. The number of hydrogen-bond donors (Lipinski definition) is 3. The third kappa shape index (κ3) is 4.98. The Morgan fingerprint density at radius 1 is 1.26 bits per heavy atom. The van der Waals surface area contributed by atoms with Crippen LogP contribution in [0, 0.1) is 5.95 Å². The molecule has 2 aromatic rings. The Labute approximate surface area is 186 Å². The monoisotopic (exact) mass is 451 g/mol.